The zero-order chi connectivity index (χ0) is 17.5. The molecular weight excluding hydrogens is 324 g/mol. The highest BCUT2D eigenvalue weighted by Gasteiger charge is 2.23. The van der Waals surface area contributed by atoms with E-state index >= 15 is 0 Å². The van der Waals surface area contributed by atoms with Gasteiger partial charge in [-0.15, -0.1) is 0 Å². The fraction of sp³-hybridized carbons (Fsp3) is 0.333. The quantitative estimate of drug-likeness (QED) is 0.809. The predicted octanol–water partition coefficient (Wildman–Crippen LogP) is 3.12. The van der Waals surface area contributed by atoms with Gasteiger partial charge in [0.15, 0.2) is 0 Å². The second kappa shape index (κ2) is 8.61. The molecule has 128 valence electrons. The van der Waals surface area contributed by atoms with Gasteiger partial charge in [-0.2, -0.15) is 11.3 Å². The zero-order valence-electron chi connectivity index (χ0n) is 13.9. The Kier molecular flexibility index (Phi) is 6.52. The van der Waals surface area contributed by atoms with E-state index in [0.29, 0.717) is 24.2 Å². The molecule has 0 bridgehead atoms. The van der Waals surface area contributed by atoms with Crippen LogP contribution in [0.2, 0.25) is 0 Å². The van der Waals surface area contributed by atoms with Gasteiger partial charge in [0.2, 0.25) is 5.91 Å². The van der Waals surface area contributed by atoms with Crippen molar-refractivity contribution in [2.45, 2.75) is 32.9 Å². The fourth-order valence-electron chi connectivity index (χ4n) is 2.46. The Morgan fingerprint density at radius 1 is 1.25 bits per heavy atom. The summed E-state index contributed by atoms with van der Waals surface area (Å²) < 4.78 is 0. The largest absolute Gasteiger partial charge is 0.394 e. The molecule has 0 fully saturated rings. The molecule has 2 rings (SSSR count). The molecule has 5 nitrogen and oxygen atoms in total. The number of carbonyl (C=O) groups is 2. The molecule has 1 aromatic heterocycles. The van der Waals surface area contributed by atoms with Crippen LogP contribution in [0.5, 0.6) is 0 Å². The molecule has 2 N–H and O–H groups in total. The normalized spacial score (nSPS) is 11.8. The lowest BCUT2D eigenvalue weighted by molar-refractivity contribution is -0.114. The van der Waals surface area contributed by atoms with Crippen LogP contribution in [0.25, 0.3) is 0 Å². The molecule has 0 aliphatic heterocycles. The van der Waals surface area contributed by atoms with Crippen molar-refractivity contribution in [2.24, 2.45) is 0 Å². The molecule has 1 aromatic carbocycles. The Balaban J connectivity index is 2.21. The van der Waals surface area contributed by atoms with Gasteiger partial charge < -0.3 is 15.3 Å². The molecule has 0 saturated carbocycles. The van der Waals surface area contributed by atoms with Crippen LogP contribution >= 0.6 is 11.3 Å². The number of thiophene rings is 1. The van der Waals surface area contributed by atoms with Crippen LogP contribution < -0.4 is 5.32 Å². The van der Waals surface area contributed by atoms with Crippen molar-refractivity contribution in [1.29, 1.82) is 0 Å². The fourth-order valence-corrected chi connectivity index (χ4v) is 3.12. The van der Waals surface area contributed by atoms with Crippen LogP contribution in [-0.4, -0.2) is 34.5 Å². The molecule has 0 spiro atoms. The van der Waals surface area contributed by atoms with Crippen LogP contribution in [0.4, 0.5) is 5.69 Å². The third-order valence-electron chi connectivity index (χ3n) is 3.77. The van der Waals surface area contributed by atoms with Gasteiger partial charge in [0.05, 0.1) is 12.6 Å². The number of benzene rings is 1. The van der Waals surface area contributed by atoms with Crippen molar-refractivity contribution in [3.05, 3.63) is 52.2 Å². The first-order chi connectivity index (χ1) is 11.5. The van der Waals surface area contributed by atoms with Crippen LogP contribution in [0.15, 0.2) is 41.1 Å². The highest BCUT2D eigenvalue weighted by atomic mass is 32.1. The van der Waals surface area contributed by atoms with E-state index in [4.69, 9.17) is 0 Å². The van der Waals surface area contributed by atoms with E-state index in [9.17, 15) is 14.7 Å². The van der Waals surface area contributed by atoms with Crippen molar-refractivity contribution in [3.63, 3.8) is 0 Å². The number of aliphatic hydroxyl groups excluding tert-OH is 1. The molecule has 2 amide bonds. The van der Waals surface area contributed by atoms with Crippen LogP contribution in [0, 0.1) is 0 Å². The number of aliphatic hydroxyl groups is 1. The lowest BCUT2D eigenvalue weighted by atomic mass is 10.1. The van der Waals surface area contributed by atoms with Crippen molar-refractivity contribution < 1.29 is 14.7 Å². The van der Waals surface area contributed by atoms with E-state index < -0.39 is 0 Å². The molecule has 1 heterocycles. The van der Waals surface area contributed by atoms with E-state index in [-0.39, 0.29) is 24.5 Å². The number of carbonyl (C=O) groups excluding carboxylic acids is 2. The van der Waals surface area contributed by atoms with Crippen LogP contribution in [0.1, 0.15) is 36.2 Å². The average Bonchev–Trinajstić information content (AvgIpc) is 3.07. The van der Waals surface area contributed by atoms with Crippen LogP contribution in [-0.2, 0) is 11.3 Å². The first-order valence-electron chi connectivity index (χ1n) is 7.85. The molecular formula is C18H22N2O3S. The summed E-state index contributed by atoms with van der Waals surface area (Å²) in [5.74, 6) is -0.282. The maximum absolute atomic E-state index is 12.9. The Morgan fingerprint density at radius 3 is 2.46 bits per heavy atom. The van der Waals surface area contributed by atoms with Crippen molar-refractivity contribution in [1.82, 2.24) is 4.90 Å². The molecule has 0 aliphatic carbocycles. The van der Waals surface area contributed by atoms with Gasteiger partial charge in [0, 0.05) is 24.7 Å². The highest BCUT2D eigenvalue weighted by molar-refractivity contribution is 7.07. The number of nitrogens with zero attached hydrogens (tertiary/aromatic N) is 1. The van der Waals surface area contributed by atoms with Gasteiger partial charge in [-0.3, -0.25) is 9.59 Å². The minimum absolute atomic E-state index is 0.0731. The van der Waals surface area contributed by atoms with Gasteiger partial charge >= 0.3 is 0 Å². The minimum atomic E-state index is -0.229. The third kappa shape index (κ3) is 4.66. The second-order valence-corrected chi connectivity index (χ2v) is 6.35. The summed E-state index contributed by atoms with van der Waals surface area (Å²) in [6, 6.07) is 8.55. The Labute approximate surface area is 145 Å². The molecule has 0 radical (unpaired) electrons. The summed E-state index contributed by atoms with van der Waals surface area (Å²) in [6.45, 7) is 3.79. The maximum atomic E-state index is 12.9. The van der Waals surface area contributed by atoms with E-state index in [1.165, 1.54) is 6.92 Å². The van der Waals surface area contributed by atoms with Crippen molar-refractivity contribution >= 4 is 28.8 Å². The van der Waals surface area contributed by atoms with Crippen molar-refractivity contribution in [3.8, 4) is 0 Å². The maximum Gasteiger partial charge on any atom is 0.254 e. The summed E-state index contributed by atoms with van der Waals surface area (Å²) in [7, 11) is 0. The van der Waals surface area contributed by atoms with Gasteiger partial charge in [-0.05, 0) is 53.1 Å². The summed E-state index contributed by atoms with van der Waals surface area (Å²) in [4.78, 5) is 25.7. The first-order valence-corrected chi connectivity index (χ1v) is 8.80. The van der Waals surface area contributed by atoms with Crippen LogP contribution in [0.3, 0.4) is 0 Å². The topological polar surface area (TPSA) is 69.6 Å². The van der Waals surface area contributed by atoms with E-state index in [1.54, 1.807) is 40.5 Å². The summed E-state index contributed by atoms with van der Waals surface area (Å²) in [6.07, 6.45) is 0.677. The SMILES string of the molecule is CC[C@H](CO)N(Cc1ccsc1)C(=O)c1ccc(NC(C)=O)cc1. The summed E-state index contributed by atoms with van der Waals surface area (Å²) in [5.41, 5.74) is 2.24. The van der Waals surface area contributed by atoms with Gasteiger partial charge in [0.1, 0.15) is 0 Å². The molecule has 2 aromatic rings. The average molecular weight is 346 g/mol. The Hall–Kier alpha value is -2.18. The molecule has 0 saturated heterocycles. The zero-order valence-corrected chi connectivity index (χ0v) is 14.7. The first kappa shape index (κ1) is 18.2. The standard InChI is InChI=1S/C18H22N2O3S/c1-3-17(11-21)20(10-14-8-9-24-12-14)18(23)15-4-6-16(7-5-15)19-13(2)22/h4-9,12,17,21H,3,10-11H2,1-2H3,(H,19,22)/t17-/m1/s1. The number of hydrogen-bond donors (Lipinski definition) is 2. The highest BCUT2D eigenvalue weighted by Crippen LogP contribution is 2.18. The summed E-state index contributed by atoms with van der Waals surface area (Å²) >= 11 is 1.58. The number of nitrogens with one attached hydrogen (secondary N) is 1. The summed E-state index contributed by atoms with van der Waals surface area (Å²) in [5, 5.41) is 16.3. The number of anilines is 1. The molecule has 0 unspecified atom stereocenters. The lowest BCUT2D eigenvalue weighted by Gasteiger charge is -2.30. The van der Waals surface area contributed by atoms with Gasteiger partial charge in [0.25, 0.3) is 5.91 Å². The number of rotatable bonds is 7. The number of hydrogen-bond acceptors (Lipinski definition) is 4. The smallest absolute Gasteiger partial charge is 0.254 e. The van der Waals surface area contributed by atoms with Gasteiger partial charge in [-0.25, -0.2) is 0 Å². The second-order valence-electron chi connectivity index (χ2n) is 5.57. The number of amides is 2. The predicted molar refractivity (Wildman–Crippen MR) is 96.1 cm³/mol. The molecule has 6 heteroatoms. The van der Waals surface area contributed by atoms with E-state index in [2.05, 4.69) is 5.32 Å². The molecule has 24 heavy (non-hydrogen) atoms. The minimum Gasteiger partial charge on any atom is -0.394 e. The van der Waals surface area contributed by atoms with Crippen molar-refractivity contribution in [2.75, 3.05) is 11.9 Å². The Bertz CT molecular complexity index is 664. The molecule has 1 atom stereocenters. The lowest BCUT2D eigenvalue weighted by Crippen LogP contribution is -2.41. The van der Waals surface area contributed by atoms with E-state index in [0.717, 1.165) is 5.56 Å². The third-order valence-corrected chi connectivity index (χ3v) is 4.50. The van der Waals surface area contributed by atoms with Gasteiger partial charge in [-0.1, -0.05) is 6.92 Å². The monoisotopic (exact) mass is 346 g/mol. The van der Waals surface area contributed by atoms with E-state index in [1.807, 2.05) is 23.8 Å². The molecule has 0 aliphatic rings. The Morgan fingerprint density at radius 2 is 1.96 bits per heavy atom.